The number of amides is 2. The third kappa shape index (κ3) is 9.47. The molecule has 0 fully saturated rings. The molecule has 5 rings (SSSR count). The lowest BCUT2D eigenvalue weighted by Crippen LogP contribution is -2.51. The number of nitrogens with zero attached hydrogens (tertiary/aromatic N) is 2. The zero-order valence-corrected chi connectivity index (χ0v) is 26.1. The predicted octanol–water partition coefficient (Wildman–Crippen LogP) is 5.36. The standard InChI is InChI=1S/C36H33FN4O5S/c37-29-14-16-30(17-15-29)40-47(44,45)33-20-18-32(19-21-33)46-26-35(42)41(25-28-11-5-2-6-12-28)34(23-27-9-3-1-4-10-27)36(43)39-24-31-13-7-8-22-38-31/h1-22,34,40H,23-26H2,(H,39,43). The molecule has 0 aliphatic carbocycles. The van der Waals surface area contributed by atoms with Crippen LogP contribution in [0.15, 0.2) is 138 Å². The SMILES string of the molecule is O=C(NCc1ccccn1)C(Cc1ccccc1)N(Cc1ccccc1)C(=O)COc1ccc(S(=O)(=O)Nc2ccc(F)cc2)cc1. The van der Waals surface area contributed by atoms with Crippen LogP contribution in [-0.4, -0.2) is 42.8 Å². The number of benzene rings is 4. The van der Waals surface area contributed by atoms with Crippen molar-refractivity contribution in [3.63, 3.8) is 0 Å². The minimum Gasteiger partial charge on any atom is -0.484 e. The summed E-state index contributed by atoms with van der Waals surface area (Å²) >= 11 is 0. The van der Waals surface area contributed by atoms with Gasteiger partial charge in [-0.1, -0.05) is 66.7 Å². The number of pyridine rings is 1. The van der Waals surface area contributed by atoms with Gasteiger partial charge in [-0.3, -0.25) is 19.3 Å². The molecule has 1 unspecified atom stereocenters. The molecule has 2 amide bonds. The molecule has 0 aliphatic rings. The quantitative estimate of drug-likeness (QED) is 0.167. The first kappa shape index (κ1) is 32.8. The van der Waals surface area contributed by atoms with Crippen molar-refractivity contribution in [2.45, 2.75) is 30.4 Å². The molecule has 47 heavy (non-hydrogen) atoms. The predicted molar refractivity (Wildman–Crippen MR) is 176 cm³/mol. The van der Waals surface area contributed by atoms with Gasteiger partial charge in [0, 0.05) is 24.8 Å². The number of anilines is 1. The van der Waals surface area contributed by atoms with Gasteiger partial charge in [0.1, 0.15) is 17.6 Å². The van der Waals surface area contributed by atoms with E-state index in [9.17, 15) is 22.4 Å². The molecule has 0 bridgehead atoms. The van der Waals surface area contributed by atoms with Crippen LogP contribution in [-0.2, 0) is 39.1 Å². The Labute approximate surface area is 273 Å². The number of halogens is 1. The third-order valence-electron chi connectivity index (χ3n) is 7.23. The van der Waals surface area contributed by atoms with E-state index >= 15 is 0 Å². The Morgan fingerprint density at radius 1 is 0.787 bits per heavy atom. The number of hydrogen-bond acceptors (Lipinski definition) is 6. The Balaban J connectivity index is 1.33. The highest BCUT2D eigenvalue weighted by molar-refractivity contribution is 7.92. The highest BCUT2D eigenvalue weighted by Crippen LogP contribution is 2.21. The molecule has 0 saturated carbocycles. The first-order chi connectivity index (χ1) is 22.8. The van der Waals surface area contributed by atoms with Gasteiger partial charge >= 0.3 is 0 Å². The molecule has 9 nitrogen and oxygen atoms in total. The molecule has 11 heteroatoms. The van der Waals surface area contributed by atoms with Crippen molar-refractivity contribution in [2.75, 3.05) is 11.3 Å². The van der Waals surface area contributed by atoms with E-state index < -0.39 is 34.4 Å². The summed E-state index contributed by atoms with van der Waals surface area (Å²) in [6.45, 7) is -0.0462. The Morgan fingerprint density at radius 2 is 1.43 bits per heavy atom. The molecule has 0 radical (unpaired) electrons. The van der Waals surface area contributed by atoms with Crippen LogP contribution in [0.2, 0.25) is 0 Å². The molecule has 1 heterocycles. The molecule has 2 N–H and O–H groups in total. The van der Waals surface area contributed by atoms with E-state index in [1.807, 2.05) is 72.8 Å². The van der Waals surface area contributed by atoms with Crippen molar-refractivity contribution in [1.29, 1.82) is 0 Å². The zero-order chi connectivity index (χ0) is 33.1. The van der Waals surface area contributed by atoms with Crippen LogP contribution >= 0.6 is 0 Å². The van der Waals surface area contributed by atoms with E-state index in [2.05, 4.69) is 15.0 Å². The highest BCUT2D eigenvalue weighted by atomic mass is 32.2. The number of rotatable bonds is 14. The second-order valence-corrected chi connectivity index (χ2v) is 12.3. The lowest BCUT2D eigenvalue weighted by atomic mass is 10.0. The summed E-state index contributed by atoms with van der Waals surface area (Å²) in [7, 11) is -3.95. The minimum absolute atomic E-state index is 0.0429. The fraction of sp³-hybridized carbons (Fsp3) is 0.139. The van der Waals surface area contributed by atoms with Gasteiger partial charge in [-0.2, -0.15) is 0 Å². The summed E-state index contributed by atoms with van der Waals surface area (Å²) in [6, 6.07) is 33.9. The molecule has 0 spiro atoms. The van der Waals surface area contributed by atoms with E-state index in [-0.39, 0.29) is 41.7 Å². The average Bonchev–Trinajstić information content (AvgIpc) is 3.10. The van der Waals surface area contributed by atoms with Crippen molar-refractivity contribution in [3.05, 3.63) is 156 Å². The molecule has 1 atom stereocenters. The van der Waals surface area contributed by atoms with Crippen molar-refractivity contribution in [1.82, 2.24) is 15.2 Å². The van der Waals surface area contributed by atoms with Crippen LogP contribution < -0.4 is 14.8 Å². The first-order valence-electron chi connectivity index (χ1n) is 14.8. The second-order valence-electron chi connectivity index (χ2n) is 10.6. The number of nitrogens with one attached hydrogen (secondary N) is 2. The Hall–Kier alpha value is -5.55. The van der Waals surface area contributed by atoms with Gasteiger partial charge in [-0.05, 0) is 71.8 Å². The van der Waals surface area contributed by atoms with Gasteiger partial charge < -0.3 is 15.0 Å². The number of aromatic nitrogens is 1. The normalized spacial score (nSPS) is 11.7. The van der Waals surface area contributed by atoms with Gasteiger partial charge in [0.15, 0.2) is 6.61 Å². The van der Waals surface area contributed by atoms with Gasteiger partial charge in [0.2, 0.25) is 5.91 Å². The van der Waals surface area contributed by atoms with Crippen LogP contribution in [0, 0.1) is 5.82 Å². The van der Waals surface area contributed by atoms with Gasteiger partial charge in [0.05, 0.1) is 17.1 Å². The van der Waals surface area contributed by atoms with Gasteiger partial charge in [-0.15, -0.1) is 0 Å². The van der Waals surface area contributed by atoms with Crippen molar-refractivity contribution < 1.29 is 27.1 Å². The number of ether oxygens (including phenoxy) is 1. The lowest BCUT2D eigenvalue weighted by Gasteiger charge is -2.31. The number of sulfonamides is 1. The molecule has 5 aromatic rings. The maximum absolute atomic E-state index is 13.9. The molecule has 4 aromatic carbocycles. The smallest absolute Gasteiger partial charge is 0.261 e. The average molecular weight is 653 g/mol. The number of carbonyl (C=O) groups is 2. The monoisotopic (exact) mass is 652 g/mol. The fourth-order valence-electron chi connectivity index (χ4n) is 4.81. The Bertz CT molecular complexity index is 1860. The molecule has 240 valence electrons. The van der Waals surface area contributed by atoms with Crippen LogP contribution in [0.4, 0.5) is 10.1 Å². The molecular weight excluding hydrogens is 619 g/mol. The van der Waals surface area contributed by atoms with Crippen molar-refractivity contribution in [3.8, 4) is 5.75 Å². The molecule has 0 saturated heterocycles. The van der Waals surface area contributed by atoms with Crippen LogP contribution in [0.3, 0.4) is 0 Å². The summed E-state index contributed by atoms with van der Waals surface area (Å²) in [5.74, 6) is -0.995. The van der Waals surface area contributed by atoms with Crippen LogP contribution in [0.1, 0.15) is 16.8 Å². The molecular formula is C36H33FN4O5S. The molecule has 1 aromatic heterocycles. The first-order valence-corrected chi connectivity index (χ1v) is 16.3. The lowest BCUT2D eigenvalue weighted by molar-refractivity contribution is -0.142. The van der Waals surface area contributed by atoms with Crippen LogP contribution in [0.5, 0.6) is 5.75 Å². The maximum atomic E-state index is 13.9. The fourth-order valence-corrected chi connectivity index (χ4v) is 5.87. The minimum atomic E-state index is -3.95. The molecule has 0 aliphatic heterocycles. The van der Waals surface area contributed by atoms with Crippen molar-refractivity contribution in [2.24, 2.45) is 0 Å². The third-order valence-corrected chi connectivity index (χ3v) is 8.63. The highest BCUT2D eigenvalue weighted by Gasteiger charge is 2.31. The van der Waals surface area contributed by atoms with E-state index in [0.29, 0.717) is 5.69 Å². The van der Waals surface area contributed by atoms with Gasteiger partial charge in [-0.25, -0.2) is 12.8 Å². The van der Waals surface area contributed by atoms with E-state index in [0.717, 1.165) is 23.3 Å². The summed E-state index contributed by atoms with van der Waals surface area (Å²) in [4.78, 5) is 33.4. The Morgan fingerprint density at radius 3 is 2.06 bits per heavy atom. The Kier molecular flexibility index (Phi) is 10.9. The van der Waals surface area contributed by atoms with E-state index in [4.69, 9.17) is 4.74 Å². The number of carbonyl (C=O) groups excluding carboxylic acids is 2. The largest absolute Gasteiger partial charge is 0.484 e. The topological polar surface area (TPSA) is 118 Å². The second kappa shape index (κ2) is 15.6. The number of hydrogen-bond donors (Lipinski definition) is 2. The zero-order valence-electron chi connectivity index (χ0n) is 25.3. The van der Waals surface area contributed by atoms with E-state index in [1.54, 1.807) is 12.3 Å². The summed E-state index contributed by atoms with van der Waals surface area (Å²) in [6.07, 6.45) is 1.91. The summed E-state index contributed by atoms with van der Waals surface area (Å²) < 4.78 is 47.0. The maximum Gasteiger partial charge on any atom is 0.261 e. The summed E-state index contributed by atoms with van der Waals surface area (Å²) in [5.41, 5.74) is 2.61. The van der Waals surface area contributed by atoms with E-state index in [1.165, 1.54) is 41.3 Å². The summed E-state index contributed by atoms with van der Waals surface area (Å²) in [5, 5.41) is 2.94. The van der Waals surface area contributed by atoms with Crippen LogP contribution in [0.25, 0.3) is 0 Å². The van der Waals surface area contributed by atoms with Gasteiger partial charge in [0.25, 0.3) is 15.9 Å². The van der Waals surface area contributed by atoms with Crippen molar-refractivity contribution >= 4 is 27.5 Å².